The van der Waals surface area contributed by atoms with Crippen molar-refractivity contribution < 1.29 is 4.57 Å². The second kappa shape index (κ2) is 3.16. The zero-order valence-electron chi connectivity index (χ0n) is 7.57. The van der Waals surface area contributed by atoms with Crippen molar-refractivity contribution in [2.24, 2.45) is 0 Å². The van der Waals surface area contributed by atoms with Crippen LogP contribution in [0.25, 0.3) is 0 Å². The number of hydrogen-bond donors (Lipinski definition) is 0. The summed E-state index contributed by atoms with van der Waals surface area (Å²) in [5, 5.41) is 1.94. The number of allylic oxidation sites excluding steroid dienone is 1. The van der Waals surface area contributed by atoms with Crippen molar-refractivity contribution in [3.8, 4) is 0 Å². The Hall–Kier alpha value is -0.810. The quantitative estimate of drug-likeness (QED) is 0.625. The molecule has 2 rings (SSSR count). The number of rotatable bonds is 1. The van der Waals surface area contributed by atoms with Crippen LogP contribution in [-0.2, 0) is 4.57 Å². The first-order valence-electron chi connectivity index (χ1n) is 4.56. The maximum Gasteiger partial charge on any atom is 0.138 e. The molecule has 0 aromatic heterocycles. The van der Waals surface area contributed by atoms with E-state index < -0.39 is 7.14 Å². The first-order valence-corrected chi connectivity index (χ1v) is 6.46. The summed E-state index contributed by atoms with van der Waals surface area (Å²) in [5.41, 5.74) is 0. The smallest absolute Gasteiger partial charge is 0.138 e. The molecule has 1 aliphatic heterocycles. The Balaban J connectivity index is 2.46. The van der Waals surface area contributed by atoms with Gasteiger partial charge in [0.25, 0.3) is 0 Å². The molecule has 1 aromatic carbocycles. The van der Waals surface area contributed by atoms with Crippen LogP contribution in [0.2, 0.25) is 0 Å². The summed E-state index contributed by atoms with van der Waals surface area (Å²) < 4.78 is 12.4. The van der Waals surface area contributed by atoms with Crippen molar-refractivity contribution in [3.05, 3.63) is 42.2 Å². The minimum absolute atomic E-state index is 0.815. The molecule has 68 valence electrons. The van der Waals surface area contributed by atoms with E-state index in [-0.39, 0.29) is 0 Å². The van der Waals surface area contributed by atoms with Gasteiger partial charge in [-0.25, -0.2) is 0 Å². The maximum atomic E-state index is 12.4. The van der Waals surface area contributed by atoms with Crippen molar-refractivity contribution in [2.75, 3.05) is 6.16 Å². The summed E-state index contributed by atoms with van der Waals surface area (Å²) in [6, 6.07) is 9.75. The molecule has 1 saturated heterocycles. The summed E-state index contributed by atoms with van der Waals surface area (Å²) in [6.07, 6.45) is 2.78. The van der Waals surface area contributed by atoms with Crippen LogP contribution in [0.5, 0.6) is 0 Å². The number of benzene rings is 1. The molecule has 0 radical (unpaired) electrons. The SMILES string of the molecule is C=C1CCC[P@@]1(=O)c1ccccc1. The standard InChI is InChI=1S/C11H13OP/c1-10-6-5-9-13(10,12)11-7-3-2-4-8-11/h2-4,7-8H,1,5-6,9H2/t13-/m0/s1. The minimum atomic E-state index is -2.21. The molecule has 0 spiro atoms. The van der Waals surface area contributed by atoms with E-state index in [0.717, 1.165) is 29.6 Å². The molecule has 2 heteroatoms. The first-order chi connectivity index (χ1) is 6.23. The van der Waals surface area contributed by atoms with Crippen molar-refractivity contribution in [1.29, 1.82) is 0 Å². The molecule has 13 heavy (non-hydrogen) atoms. The van der Waals surface area contributed by atoms with Gasteiger partial charge in [-0.2, -0.15) is 0 Å². The van der Waals surface area contributed by atoms with Gasteiger partial charge in [0.05, 0.1) is 0 Å². The Kier molecular flexibility index (Phi) is 2.13. The monoisotopic (exact) mass is 192 g/mol. The lowest BCUT2D eigenvalue weighted by Gasteiger charge is -2.12. The summed E-state index contributed by atoms with van der Waals surface area (Å²) in [4.78, 5) is 0. The molecular formula is C11H13OP. The van der Waals surface area contributed by atoms with Crippen LogP contribution < -0.4 is 5.30 Å². The largest absolute Gasteiger partial charge is 0.314 e. The van der Waals surface area contributed by atoms with Gasteiger partial charge in [-0.15, -0.1) is 0 Å². The van der Waals surface area contributed by atoms with Crippen LogP contribution >= 0.6 is 7.14 Å². The van der Waals surface area contributed by atoms with Gasteiger partial charge < -0.3 is 4.57 Å². The Labute approximate surface area is 78.9 Å². The van der Waals surface area contributed by atoms with Crippen LogP contribution in [0.1, 0.15) is 12.8 Å². The summed E-state index contributed by atoms with van der Waals surface area (Å²) >= 11 is 0. The zero-order valence-corrected chi connectivity index (χ0v) is 8.47. The summed E-state index contributed by atoms with van der Waals surface area (Å²) in [5.74, 6) is 0. The van der Waals surface area contributed by atoms with E-state index >= 15 is 0 Å². The van der Waals surface area contributed by atoms with Gasteiger partial charge in [-0.05, 0) is 18.2 Å². The van der Waals surface area contributed by atoms with Gasteiger partial charge in [0.2, 0.25) is 0 Å². The van der Waals surface area contributed by atoms with Gasteiger partial charge in [-0.3, -0.25) is 0 Å². The topological polar surface area (TPSA) is 17.1 Å². The Morgan fingerprint density at radius 1 is 1.23 bits per heavy atom. The molecule has 0 N–H and O–H groups in total. The highest BCUT2D eigenvalue weighted by Gasteiger charge is 2.32. The van der Waals surface area contributed by atoms with Crippen LogP contribution in [0.15, 0.2) is 42.2 Å². The molecule has 0 aliphatic carbocycles. The molecule has 1 atom stereocenters. The van der Waals surface area contributed by atoms with Crippen LogP contribution in [-0.4, -0.2) is 6.16 Å². The Morgan fingerprint density at radius 2 is 1.92 bits per heavy atom. The lowest BCUT2D eigenvalue weighted by Crippen LogP contribution is -2.03. The first kappa shape index (κ1) is 8.77. The maximum absolute atomic E-state index is 12.4. The molecule has 0 unspecified atom stereocenters. The molecule has 0 saturated carbocycles. The fraction of sp³-hybridized carbons (Fsp3) is 0.273. The van der Waals surface area contributed by atoms with E-state index in [9.17, 15) is 4.57 Å². The van der Waals surface area contributed by atoms with Gasteiger partial charge >= 0.3 is 0 Å². The summed E-state index contributed by atoms with van der Waals surface area (Å²) in [6.45, 7) is 3.92. The average molecular weight is 192 g/mol. The highest BCUT2D eigenvalue weighted by molar-refractivity contribution is 7.75. The fourth-order valence-corrected chi connectivity index (χ4v) is 4.54. The van der Waals surface area contributed by atoms with E-state index in [1.807, 2.05) is 30.3 Å². The van der Waals surface area contributed by atoms with Gasteiger partial charge in [0.15, 0.2) is 0 Å². The van der Waals surface area contributed by atoms with E-state index in [2.05, 4.69) is 6.58 Å². The van der Waals surface area contributed by atoms with Crippen molar-refractivity contribution in [2.45, 2.75) is 12.8 Å². The minimum Gasteiger partial charge on any atom is -0.314 e. The van der Waals surface area contributed by atoms with Gasteiger partial charge in [-0.1, -0.05) is 36.9 Å². The van der Waals surface area contributed by atoms with E-state index in [1.165, 1.54) is 0 Å². The highest BCUT2D eigenvalue weighted by atomic mass is 31.2. The third-order valence-electron chi connectivity index (χ3n) is 2.62. The lowest BCUT2D eigenvalue weighted by molar-refractivity contribution is 0.587. The zero-order chi connectivity index (χ0) is 9.31. The van der Waals surface area contributed by atoms with E-state index in [0.29, 0.717) is 0 Å². The van der Waals surface area contributed by atoms with Crippen LogP contribution in [0.4, 0.5) is 0 Å². The lowest BCUT2D eigenvalue weighted by atomic mass is 10.3. The normalized spacial score (nSPS) is 27.8. The third kappa shape index (κ3) is 1.38. The van der Waals surface area contributed by atoms with Gasteiger partial charge in [0.1, 0.15) is 7.14 Å². The molecule has 1 heterocycles. The fourth-order valence-electron chi connectivity index (χ4n) is 1.82. The average Bonchev–Trinajstić information content (AvgIpc) is 2.50. The molecule has 1 nitrogen and oxygen atoms in total. The third-order valence-corrected chi connectivity index (χ3v) is 5.95. The van der Waals surface area contributed by atoms with E-state index in [4.69, 9.17) is 0 Å². The van der Waals surface area contributed by atoms with Crippen molar-refractivity contribution in [1.82, 2.24) is 0 Å². The predicted molar refractivity (Wildman–Crippen MR) is 56.9 cm³/mol. The molecule has 0 bridgehead atoms. The highest BCUT2D eigenvalue weighted by Crippen LogP contribution is 2.58. The van der Waals surface area contributed by atoms with E-state index in [1.54, 1.807) is 0 Å². The molecular weight excluding hydrogens is 179 g/mol. The van der Waals surface area contributed by atoms with Crippen molar-refractivity contribution >= 4 is 12.4 Å². The van der Waals surface area contributed by atoms with Crippen molar-refractivity contribution in [3.63, 3.8) is 0 Å². The molecule has 1 aliphatic rings. The molecule has 0 amide bonds. The van der Waals surface area contributed by atoms with Crippen LogP contribution in [0.3, 0.4) is 0 Å². The van der Waals surface area contributed by atoms with Gasteiger partial charge in [0, 0.05) is 11.5 Å². The molecule has 1 fully saturated rings. The van der Waals surface area contributed by atoms with Crippen LogP contribution in [0, 0.1) is 0 Å². The second-order valence-corrected chi connectivity index (χ2v) is 6.54. The predicted octanol–water partition coefficient (Wildman–Crippen LogP) is 2.98. The summed E-state index contributed by atoms with van der Waals surface area (Å²) in [7, 11) is -2.21. The second-order valence-electron chi connectivity index (χ2n) is 3.47. The Morgan fingerprint density at radius 3 is 2.46 bits per heavy atom. The molecule has 1 aromatic rings. The number of hydrogen-bond acceptors (Lipinski definition) is 1. The Bertz CT molecular complexity index is 367.